The van der Waals surface area contributed by atoms with E-state index in [1.807, 2.05) is 0 Å². The zero-order valence-corrected chi connectivity index (χ0v) is 13.3. The van der Waals surface area contributed by atoms with Crippen LogP contribution in [0.1, 0.15) is 20.3 Å². The molecule has 3 aliphatic heterocycles. The van der Waals surface area contributed by atoms with Gasteiger partial charge in [-0.05, 0) is 53.5 Å². The topological polar surface area (TPSA) is 13.0 Å². The Morgan fingerprint density at radius 2 is 1.25 bits per heavy atom. The lowest BCUT2D eigenvalue weighted by Crippen LogP contribution is -2.42. The lowest BCUT2D eigenvalue weighted by atomic mass is 9.93. The highest BCUT2D eigenvalue weighted by molar-refractivity contribution is 4.91. The second kappa shape index (κ2) is 8.32. The van der Waals surface area contributed by atoms with Crippen LogP contribution in [-0.2, 0) is 0 Å². The molecular formula is C16H36N4. The van der Waals surface area contributed by atoms with Crippen molar-refractivity contribution in [1.29, 1.82) is 0 Å². The van der Waals surface area contributed by atoms with Gasteiger partial charge in [0.25, 0.3) is 0 Å². The third-order valence-corrected chi connectivity index (χ3v) is 4.97. The smallest absolute Gasteiger partial charge is 0.0260 e. The fourth-order valence-electron chi connectivity index (χ4n) is 3.52. The Labute approximate surface area is 126 Å². The molecule has 0 aromatic rings. The highest BCUT2D eigenvalue weighted by Crippen LogP contribution is 2.28. The van der Waals surface area contributed by atoms with Crippen LogP contribution in [0.3, 0.4) is 0 Å². The van der Waals surface area contributed by atoms with Crippen molar-refractivity contribution in [3.63, 3.8) is 0 Å². The molecule has 0 amide bonds. The van der Waals surface area contributed by atoms with E-state index in [-0.39, 0.29) is 7.43 Å². The van der Waals surface area contributed by atoms with E-state index in [2.05, 4.69) is 47.8 Å². The third kappa shape index (κ3) is 4.99. The van der Waals surface area contributed by atoms with E-state index in [0.717, 1.165) is 12.0 Å². The molecule has 20 heavy (non-hydrogen) atoms. The van der Waals surface area contributed by atoms with Crippen LogP contribution in [0.25, 0.3) is 0 Å². The monoisotopic (exact) mass is 284 g/mol. The number of piperidine rings is 1. The predicted molar refractivity (Wildman–Crippen MR) is 88.4 cm³/mol. The summed E-state index contributed by atoms with van der Waals surface area (Å²) >= 11 is 0. The minimum Gasteiger partial charge on any atom is -0.304 e. The molecule has 0 spiro atoms. The van der Waals surface area contributed by atoms with Crippen molar-refractivity contribution < 1.29 is 0 Å². The largest absolute Gasteiger partial charge is 0.304 e. The third-order valence-electron chi connectivity index (χ3n) is 4.97. The predicted octanol–water partition coefficient (Wildman–Crippen LogP) is 1.14. The standard InChI is InChI=1S/C9H18N2.C6H14N2.CH4/c1-10-6-8-4-3-5-11(2)9(8)7-10;1-7-3-5-8(2)6-4-7;/h8-9H,3-7H2,1-2H3;3-6H2,1-2H3;1H4/t8-,9+;;/m0../s1. The molecule has 0 unspecified atom stereocenters. The average molecular weight is 284 g/mol. The molecule has 0 aromatic carbocycles. The van der Waals surface area contributed by atoms with Crippen LogP contribution in [0, 0.1) is 5.92 Å². The van der Waals surface area contributed by atoms with Gasteiger partial charge in [0.05, 0.1) is 0 Å². The Morgan fingerprint density at radius 1 is 0.700 bits per heavy atom. The first-order valence-electron chi connectivity index (χ1n) is 7.82. The summed E-state index contributed by atoms with van der Waals surface area (Å²) in [6.07, 6.45) is 2.87. The highest BCUT2D eigenvalue weighted by atomic mass is 15.2. The summed E-state index contributed by atoms with van der Waals surface area (Å²) in [5.41, 5.74) is 0. The highest BCUT2D eigenvalue weighted by Gasteiger charge is 2.35. The normalized spacial score (nSPS) is 33.0. The van der Waals surface area contributed by atoms with Crippen LogP contribution in [0.2, 0.25) is 0 Å². The number of piperazine rings is 1. The van der Waals surface area contributed by atoms with Crippen LogP contribution in [0.4, 0.5) is 0 Å². The fourth-order valence-corrected chi connectivity index (χ4v) is 3.52. The Morgan fingerprint density at radius 3 is 1.75 bits per heavy atom. The molecule has 3 aliphatic rings. The molecule has 3 rings (SSSR count). The number of likely N-dealkylation sites (tertiary alicyclic amines) is 2. The molecule has 0 saturated carbocycles. The maximum absolute atomic E-state index is 2.54. The lowest BCUT2D eigenvalue weighted by Gasteiger charge is -2.33. The molecule has 0 radical (unpaired) electrons. The summed E-state index contributed by atoms with van der Waals surface area (Å²) in [5.74, 6) is 0.971. The summed E-state index contributed by atoms with van der Waals surface area (Å²) in [6, 6.07) is 0.869. The molecule has 3 saturated heterocycles. The van der Waals surface area contributed by atoms with E-state index in [1.54, 1.807) is 0 Å². The molecule has 0 aliphatic carbocycles. The summed E-state index contributed by atoms with van der Waals surface area (Å²) in [5, 5.41) is 0. The number of fused-ring (bicyclic) bond motifs is 1. The van der Waals surface area contributed by atoms with Crippen LogP contribution in [0.5, 0.6) is 0 Å². The molecule has 0 N–H and O–H groups in total. The summed E-state index contributed by atoms with van der Waals surface area (Å²) in [6.45, 7) is 8.87. The zero-order chi connectivity index (χ0) is 13.8. The molecule has 0 bridgehead atoms. The summed E-state index contributed by atoms with van der Waals surface area (Å²) < 4.78 is 0. The Balaban J connectivity index is 0.000000200. The van der Waals surface area contributed by atoms with Crippen molar-refractivity contribution in [1.82, 2.24) is 19.6 Å². The van der Waals surface area contributed by atoms with Gasteiger partial charge in [-0.2, -0.15) is 0 Å². The lowest BCUT2D eigenvalue weighted by molar-refractivity contribution is 0.157. The Bertz CT molecular complexity index is 253. The molecular weight excluding hydrogens is 248 g/mol. The van der Waals surface area contributed by atoms with Crippen LogP contribution < -0.4 is 0 Å². The second-order valence-electron chi connectivity index (χ2n) is 6.78. The van der Waals surface area contributed by atoms with Crippen molar-refractivity contribution in [2.45, 2.75) is 26.3 Å². The van der Waals surface area contributed by atoms with E-state index in [0.29, 0.717) is 0 Å². The van der Waals surface area contributed by atoms with E-state index in [1.165, 1.54) is 58.7 Å². The Hall–Kier alpha value is -0.160. The number of hydrogen-bond acceptors (Lipinski definition) is 4. The first kappa shape index (κ1) is 17.9. The molecule has 0 aromatic heterocycles. The number of rotatable bonds is 0. The molecule has 4 heteroatoms. The first-order valence-corrected chi connectivity index (χ1v) is 7.82. The van der Waals surface area contributed by atoms with Crippen LogP contribution in [-0.4, -0.2) is 99.6 Å². The SMILES string of the molecule is C.CN1CCN(C)CC1.CN1C[C@@H]2CCCN(C)[C@@H]2C1. The van der Waals surface area contributed by atoms with Crippen LogP contribution in [0.15, 0.2) is 0 Å². The summed E-state index contributed by atoms with van der Waals surface area (Å²) in [7, 11) is 8.86. The number of likely N-dealkylation sites (N-methyl/N-ethyl adjacent to an activating group) is 4. The first-order chi connectivity index (χ1) is 9.06. The van der Waals surface area contributed by atoms with E-state index >= 15 is 0 Å². The van der Waals surface area contributed by atoms with Crippen molar-refractivity contribution >= 4 is 0 Å². The number of hydrogen-bond donors (Lipinski definition) is 0. The minimum absolute atomic E-state index is 0. The maximum atomic E-state index is 2.54. The van der Waals surface area contributed by atoms with Crippen LogP contribution >= 0.6 is 0 Å². The van der Waals surface area contributed by atoms with Gasteiger partial charge in [0, 0.05) is 45.3 Å². The van der Waals surface area contributed by atoms with E-state index in [4.69, 9.17) is 0 Å². The molecule has 120 valence electrons. The van der Waals surface area contributed by atoms with Crippen molar-refractivity contribution in [2.75, 3.05) is 74.0 Å². The number of nitrogens with zero attached hydrogens (tertiary/aromatic N) is 4. The van der Waals surface area contributed by atoms with Gasteiger partial charge in [-0.15, -0.1) is 0 Å². The fraction of sp³-hybridized carbons (Fsp3) is 1.00. The van der Waals surface area contributed by atoms with Gasteiger partial charge in [0.2, 0.25) is 0 Å². The summed E-state index contributed by atoms with van der Waals surface area (Å²) in [4.78, 5) is 9.73. The van der Waals surface area contributed by atoms with Gasteiger partial charge in [-0.1, -0.05) is 7.43 Å². The second-order valence-corrected chi connectivity index (χ2v) is 6.78. The molecule has 2 atom stereocenters. The van der Waals surface area contributed by atoms with Gasteiger partial charge in [0.15, 0.2) is 0 Å². The van der Waals surface area contributed by atoms with E-state index < -0.39 is 0 Å². The van der Waals surface area contributed by atoms with Gasteiger partial charge in [-0.3, -0.25) is 0 Å². The van der Waals surface area contributed by atoms with Gasteiger partial charge in [0.1, 0.15) is 0 Å². The van der Waals surface area contributed by atoms with Gasteiger partial charge < -0.3 is 19.6 Å². The molecule has 3 heterocycles. The quantitative estimate of drug-likeness (QED) is 0.661. The minimum atomic E-state index is 0. The molecule has 3 fully saturated rings. The average Bonchev–Trinajstić information content (AvgIpc) is 2.76. The van der Waals surface area contributed by atoms with Gasteiger partial charge in [-0.25, -0.2) is 0 Å². The molecule has 4 nitrogen and oxygen atoms in total. The van der Waals surface area contributed by atoms with E-state index in [9.17, 15) is 0 Å². The van der Waals surface area contributed by atoms with Crippen molar-refractivity contribution in [3.8, 4) is 0 Å². The van der Waals surface area contributed by atoms with Crippen molar-refractivity contribution in [2.24, 2.45) is 5.92 Å². The van der Waals surface area contributed by atoms with Crippen molar-refractivity contribution in [3.05, 3.63) is 0 Å². The Kier molecular flexibility index (Phi) is 7.45. The maximum Gasteiger partial charge on any atom is 0.0260 e. The zero-order valence-electron chi connectivity index (χ0n) is 13.3. The van der Waals surface area contributed by atoms with Gasteiger partial charge >= 0.3 is 0 Å².